The number of rotatable bonds is 6. The Labute approximate surface area is 124 Å². The van der Waals surface area contributed by atoms with Crippen LogP contribution in [0.4, 0.5) is 0 Å². The van der Waals surface area contributed by atoms with E-state index in [2.05, 4.69) is 37.3 Å². The molecule has 2 nitrogen and oxygen atoms in total. The molecule has 3 heteroatoms. The zero-order valence-electron chi connectivity index (χ0n) is 12.0. The monoisotopic (exact) mass is 288 g/mol. The first-order valence-electron chi connectivity index (χ1n) is 7.06. The van der Waals surface area contributed by atoms with Crippen LogP contribution in [0.15, 0.2) is 47.4 Å². The molecule has 106 valence electrons. The molecule has 0 saturated heterocycles. The van der Waals surface area contributed by atoms with Crippen LogP contribution in [0, 0.1) is 0 Å². The summed E-state index contributed by atoms with van der Waals surface area (Å²) >= 11 is 1.60. The molecule has 0 bridgehead atoms. The summed E-state index contributed by atoms with van der Waals surface area (Å²) in [5, 5.41) is 2.32. The standard InChI is InChI=1S/C17H20O2S/c1-3-7-16(17(18)19-4-2)20-15-11-10-13-8-5-6-9-14(13)12-15/h5-6,8-12,16H,3-4,7H2,1-2H3. The largest absolute Gasteiger partial charge is 0.465 e. The van der Waals surface area contributed by atoms with Crippen molar-refractivity contribution in [3.8, 4) is 0 Å². The molecule has 0 aliphatic carbocycles. The van der Waals surface area contributed by atoms with Crippen molar-refractivity contribution in [2.24, 2.45) is 0 Å². The van der Waals surface area contributed by atoms with Gasteiger partial charge in [0.25, 0.3) is 0 Å². The highest BCUT2D eigenvalue weighted by Crippen LogP contribution is 2.29. The number of fused-ring (bicyclic) bond motifs is 1. The Morgan fingerprint density at radius 3 is 2.60 bits per heavy atom. The summed E-state index contributed by atoms with van der Waals surface area (Å²) in [4.78, 5) is 13.1. The van der Waals surface area contributed by atoms with Gasteiger partial charge in [-0.15, -0.1) is 11.8 Å². The summed E-state index contributed by atoms with van der Waals surface area (Å²) in [6, 6.07) is 14.6. The summed E-state index contributed by atoms with van der Waals surface area (Å²) < 4.78 is 5.16. The van der Waals surface area contributed by atoms with Crippen molar-refractivity contribution in [3.63, 3.8) is 0 Å². The lowest BCUT2D eigenvalue weighted by atomic mass is 10.1. The first kappa shape index (κ1) is 14.9. The number of hydrogen-bond acceptors (Lipinski definition) is 3. The van der Waals surface area contributed by atoms with E-state index in [0.717, 1.165) is 17.7 Å². The van der Waals surface area contributed by atoms with E-state index >= 15 is 0 Å². The van der Waals surface area contributed by atoms with Gasteiger partial charge in [-0.25, -0.2) is 0 Å². The van der Waals surface area contributed by atoms with Gasteiger partial charge < -0.3 is 4.74 Å². The first-order valence-corrected chi connectivity index (χ1v) is 7.94. The zero-order chi connectivity index (χ0) is 14.4. The second-order valence-corrected chi connectivity index (χ2v) is 5.93. The molecular formula is C17H20O2S. The Morgan fingerprint density at radius 1 is 1.15 bits per heavy atom. The Kier molecular flexibility index (Phi) is 5.48. The van der Waals surface area contributed by atoms with Gasteiger partial charge >= 0.3 is 5.97 Å². The Hall–Kier alpha value is -1.48. The molecule has 1 atom stereocenters. The van der Waals surface area contributed by atoms with Gasteiger partial charge in [0.05, 0.1) is 6.61 Å². The minimum absolute atomic E-state index is 0.104. The van der Waals surface area contributed by atoms with Crippen molar-refractivity contribution in [2.75, 3.05) is 6.61 Å². The summed E-state index contributed by atoms with van der Waals surface area (Å²) in [6.45, 7) is 4.38. The van der Waals surface area contributed by atoms with Crippen LogP contribution in [-0.2, 0) is 9.53 Å². The molecule has 1 unspecified atom stereocenters. The highest BCUT2D eigenvalue weighted by atomic mass is 32.2. The summed E-state index contributed by atoms with van der Waals surface area (Å²) in [6.07, 6.45) is 1.82. The van der Waals surface area contributed by atoms with Crippen LogP contribution >= 0.6 is 11.8 Å². The SMILES string of the molecule is CCCC(Sc1ccc2ccccc2c1)C(=O)OCC. The van der Waals surface area contributed by atoms with Gasteiger partial charge in [0, 0.05) is 4.90 Å². The van der Waals surface area contributed by atoms with Crippen LogP contribution in [0.2, 0.25) is 0 Å². The van der Waals surface area contributed by atoms with Gasteiger partial charge in [0.2, 0.25) is 0 Å². The van der Waals surface area contributed by atoms with Gasteiger partial charge in [-0.2, -0.15) is 0 Å². The molecule has 0 saturated carbocycles. The zero-order valence-corrected chi connectivity index (χ0v) is 12.8. The third-order valence-corrected chi connectivity index (χ3v) is 4.34. The average Bonchev–Trinajstić information content (AvgIpc) is 2.47. The molecule has 2 aromatic rings. The minimum atomic E-state index is -0.110. The quantitative estimate of drug-likeness (QED) is 0.571. The van der Waals surface area contributed by atoms with E-state index in [4.69, 9.17) is 4.74 Å². The maximum Gasteiger partial charge on any atom is 0.319 e. The molecular weight excluding hydrogens is 268 g/mol. The summed E-state index contributed by atoms with van der Waals surface area (Å²) in [5.74, 6) is -0.104. The van der Waals surface area contributed by atoms with E-state index in [1.54, 1.807) is 11.8 Å². The lowest BCUT2D eigenvalue weighted by molar-refractivity contribution is -0.142. The fourth-order valence-corrected chi connectivity index (χ4v) is 3.32. The number of hydrogen-bond donors (Lipinski definition) is 0. The maximum absolute atomic E-state index is 12.0. The predicted molar refractivity (Wildman–Crippen MR) is 85.1 cm³/mol. The van der Waals surface area contributed by atoms with Crippen LogP contribution in [0.5, 0.6) is 0 Å². The molecule has 0 radical (unpaired) electrons. The van der Waals surface area contributed by atoms with Crippen LogP contribution in [-0.4, -0.2) is 17.8 Å². The number of carbonyl (C=O) groups excluding carboxylic acids is 1. The molecule has 2 rings (SSSR count). The van der Waals surface area contributed by atoms with Crippen molar-refractivity contribution >= 4 is 28.5 Å². The molecule has 0 spiro atoms. The smallest absolute Gasteiger partial charge is 0.319 e. The van der Waals surface area contributed by atoms with E-state index in [0.29, 0.717) is 6.61 Å². The topological polar surface area (TPSA) is 26.3 Å². The van der Waals surface area contributed by atoms with E-state index < -0.39 is 0 Å². The molecule has 0 N–H and O–H groups in total. The van der Waals surface area contributed by atoms with E-state index in [1.165, 1.54) is 10.8 Å². The second kappa shape index (κ2) is 7.34. The Bertz CT molecular complexity index is 580. The summed E-state index contributed by atoms with van der Waals surface area (Å²) in [5.41, 5.74) is 0. The molecule has 0 heterocycles. The van der Waals surface area contributed by atoms with Crippen LogP contribution < -0.4 is 0 Å². The number of ether oxygens (including phenoxy) is 1. The first-order chi connectivity index (χ1) is 9.74. The van der Waals surface area contributed by atoms with Gasteiger partial charge in [-0.3, -0.25) is 4.79 Å². The van der Waals surface area contributed by atoms with E-state index in [9.17, 15) is 4.79 Å². The fraction of sp³-hybridized carbons (Fsp3) is 0.353. The van der Waals surface area contributed by atoms with E-state index in [1.807, 2.05) is 19.1 Å². The fourth-order valence-electron chi connectivity index (χ4n) is 2.13. The van der Waals surface area contributed by atoms with Crippen LogP contribution in [0.1, 0.15) is 26.7 Å². The van der Waals surface area contributed by atoms with Gasteiger partial charge in [0.1, 0.15) is 5.25 Å². The average molecular weight is 288 g/mol. The molecule has 20 heavy (non-hydrogen) atoms. The maximum atomic E-state index is 12.0. The molecule has 0 aliphatic rings. The number of esters is 1. The highest BCUT2D eigenvalue weighted by Gasteiger charge is 2.20. The molecule has 0 aromatic heterocycles. The van der Waals surface area contributed by atoms with Crippen LogP contribution in [0.25, 0.3) is 10.8 Å². The Morgan fingerprint density at radius 2 is 1.90 bits per heavy atom. The molecule has 2 aromatic carbocycles. The molecule has 0 amide bonds. The third kappa shape index (κ3) is 3.76. The predicted octanol–water partition coefficient (Wildman–Crippen LogP) is 4.66. The molecule has 0 fully saturated rings. The van der Waals surface area contributed by atoms with Crippen molar-refractivity contribution in [1.29, 1.82) is 0 Å². The van der Waals surface area contributed by atoms with E-state index in [-0.39, 0.29) is 11.2 Å². The van der Waals surface area contributed by atoms with Gasteiger partial charge in [-0.1, -0.05) is 43.7 Å². The Balaban J connectivity index is 2.17. The number of thioether (sulfide) groups is 1. The number of carbonyl (C=O) groups is 1. The minimum Gasteiger partial charge on any atom is -0.465 e. The summed E-state index contributed by atoms with van der Waals surface area (Å²) in [7, 11) is 0. The van der Waals surface area contributed by atoms with Crippen molar-refractivity contribution in [1.82, 2.24) is 0 Å². The normalized spacial score (nSPS) is 12.3. The second-order valence-electron chi connectivity index (χ2n) is 4.66. The van der Waals surface area contributed by atoms with Crippen molar-refractivity contribution in [3.05, 3.63) is 42.5 Å². The van der Waals surface area contributed by atoms with Gasteiger partial charge in [-0.05, 0) is 36.2 Å². The van der Waals surface area contributed by atoms with Gasteiger partial charge in [0.15, 0.2) is 0 Å². The lowest BCUT2D eigenvalue weighted by Gasteiger charge is -2.14. The lowest BCUT2D eigenvalue weighted by Crippen LogP contribution is -2.20. The van der Waals surface area contributed by atoms with Crippen molar-refractivity contribution in [2.45, 2.75) is 36.8 Å². The van der Waals surface area contributed by atoms with Crippen LogP contribution in [0.3, 0.4) is 0 Å². The highest BCUT2D eigenvalue weighted by molar-refractivity contribution is 8.00. The molecule has 0 aliphatic heterocycles. The third-order valence-electron chi connectivity index (χ3n) is 3.10. The van der Waals surface area contributed by atoms with Crippen molar-refractivity contribution < 1.29 is 9.53 Å². The number of benzene rings is 2.